The molecule has 7 nitrogen and oxygen atoms in total. The van der Waals surface area contributed by atoms with Crippen LogP contribution in [0.15, 0.2) is 23.7 Å². The van der Waals surface area contributed by atoms with E-state index in [1.54, 1.807) is 7.05 Å². The van der Waals surface area contributed by atoms with Gasteiger partial charge in [-0.2, -0.15) is 0 Å². The highest BCUT2D eigenvalue weighted by Gasteiger charge is 2.16. The molecule has 2 rings (SSSR count). The lowest BCUT2D eigenvalue weighted by Crippen LogP contribution is -2.01. The number of hydrogen-bond acceptors (Lipinski definition) is 6. The van der Waals surface area contributed by atoms with Crippen LogP contribution < -0.4 is 0 Å². The number of halogens is 1. The molecule has 0 N–H and O–H groups in total. The van der Waals surface area contributed by atoms with Crippen molar-refractivity contribution in [3.63, 3.8) is 0 Å². The molecule has 0 spiro atoms. The van der Waals surface area contributed by atoms with Crippen LogP contribution in [-0.4, -0.2) is 24.4 Å². The first-order valence-corrected chi connectivity index (χ1v) is 6.19. The number of imidazole rings is 1. The van der Waals surface area contributed by atoms with Crippen molar-refractivity contribution in [3.8, 4) is 0 Å². The standard InChI is InChI=1S/C9H8ClN5O2S/c1-14-7(11-4-8(14)15(16)17)5-18-9-12-2-6(10)3-13-9/h2-4H,5H2,1H3. The van der Waals surface area contributed by atoms with Crippen molar-refractivity contribution < 1.29 is 4.92 Å². The first-order chi connectivity index (χ1) is 8.58. The summed E-state index contributed by atoms with van der Waals surface area (Å²) in [6.45, 7) is 0. The van der Waals surface area contributed by atoms with Crippen LogP contribution in [0.2, 0.25) is 5.02 Å². The molecule has 2 aromatic rings. The lowest BCUT2D eigenvalue weighted by atomic mass is 10.7. The Labute approximate surface area is 111 Å². The fourth-order valence-corrected chi connectivity index (χ4v) is 2.12. The van der Waals surface area contributed by atoms with Crippen molar-refractivity contribution in [2.24, 2.45) is 7.05 Å². The Kier molecular flexibility index (Phi) is 3.78. The van der Waals surface area contributed by atoms with Crippen molar-refractivity contribution in [3.05, 3.63) is 39.6 Å². The second-order valence-corrected chi connectivity index (χ2v) is 4.70. The molecule has 0 aromatic carbocycles. The van der Waals surface area contributed by atoms with Crippen LogP contribution in [0.5, 0.6) is 0 Å². The molecule has 2 heterocycles. The topological polar surface area (TPSA) is 86.7 Å². The van der Waals surface area contributed by atoms with Gasteiger partial charge < -0.3 is 10.1 Å². The Morgan fingerprint density at radius 2 is 2.06 bits per heavy atom. The molecule has 0 fully saturated rings. The van der Waals surface area contributed by atoms with Gasteiger partial charge in [0, 0.05) is 0 Å². The first kappa shape index (κ1) is 12.8. The van der Waals surface area contributed by atoms with Crippen LogP contribution in [0.25, 0.3) is 0 Å². The smallest absolute Gasteiger partial charge is 0.342 e. The molecule has 94 valence electrons. The maximum absolute atomic E-state index is 10.6. The van der Waals surface area contributed by atoms with E-state index in [2.05, 4.69) is 15.0 Å². The Morgan fingerprint density at radius 3 is 2.61 bits per heavy atom. The van der Waals surface area contributed by atoms with E-state index in [9.17, 15) is 10.1 Å². The van der Waals surface area contributed by atoms with Crippen molar-refractivity contribution >= 4 is 29.2 Å². The lowest BCUT2D eigenvalue weighted by Gasteiger charge is -1.99. The van der Waals surface area contributed by atoms with Crippen LogP contribution in [0.4, 0.5) is 5.82 Å². The van der Waals surface area contributed by atoms with Gasteiger partial charge in [-0.15, -0.1) is 0 Å². The van der Waals surface area contributed by atoms with Crippen LogP contribution >= 0.6 is 23.4 Å². The van der Waals surface area contributed by atoms with Gasteiger partial charge in [0.25, 0.3) is 0 Å². The number of aromatic nitrogens is 4. The Hall–Kier alpha value is -1.67. The van der Waals surface area contributed by atoms with Gasteiger partial charge in [0.15, 0.2) is 5.16 Å². The third kappa shape index (κ3) is 2.77. The fourth-order valence-electron chi connectivity index (χ4n) is 1.25. The average molecular weight is 286 g/mol. The predicted molar refractivity (Wildman–Crippen MR) is 66.5 cm³/mol. The monoisotopic (exact) mass is 285 g/mol. The number of nitrogens with zero attached hydrogens (tertiary/aromatic N) is 5. The van der Waals surface area contributed by atoms with Gasteiger partial charge in [-0.3, -0.25) is 0 Å². The highest BCUT2D eigenvalue weighted by molar-refractivity contribution is 7.98. The molecule has 0 aliphatic carbocycles. The normalized spacial score (nSPS) is 10.6. The maximum atomic E-state index is 10.6. The highest BCUT2D eigenvalue weighted by atomic mass is 35.5. The van der Waals surface area contributed by atoms with Gasteiger partial charge in [-0.1, -0.05) is 23.4 Å². The van der Waals surface area contributed by atoms with E-state index < -0.39 is 4.92 Å². The summed E-state index contributed by atoms with van der Waals surface area (Å²) in [5.41, 5.74) is 0. The molecular weight excluding hydrogens is 278 g/mol. The van der Waals surface area contributed by atoms with E-state index in [4.69, 9.17) is 11.6 Å². The molecule has 0 unspecified atom stereocenters. The van der Waals surface area contributed by atoms with Gasteiger partial charge in [0.05, 0.1) is 30.2 Å². The Bertz CT molecular complexity index is 571. The minimum absolute atomic E-state index is 0.0392. The molecule has 2 aromatic heterocycles. The molecule has 0 amide bonds. The molecule has 0 saturated carbocycles. The molecule has 0 aliphatic heterocycles. The summed E-state index contributed by atoms with van der Waals surface area (Å²) in [4.78, 5) is 22.2. The lowest BCUT2D eigenvalue weighted by molar-refractivity contribution is -0.391. The summed E-state index contributed by atoms with van der Waals surface area (Å²) in [6, 6.07) is 0. The minimum atomic E-state index is -0.472. The summed E-state index contributed by atoms with van der Waals surface area (Å²) in [6.07, 6.45) is 4.23. The number of hydrogen-bond donors (Lipinski definition) is 0. The third-order valence-corrected chi connectivity index (χ3v) is 3.24. The summed E-state index contributed by atoms with van der Waals surface area (Å²) >= 11 is 7.00. The Morgan fingerprint density at radius 1 is 1.39 bits per heavy atom. The van der Waals surface area contributed by atoms with Crippen molar-refractivity contribution in [2.75, 3.05) is 0 Å². The number of nitro groups is 1. The second-order valence-electron chi connectivity index (χ2n) is 3.32. The summed E-state index contributed by atoms with van der Waals surface area (Å²) in [5.74, 6) is 0.999. The van der Waals surface area contributed by atoms with Gasteiger partial charge in [0.2, 0.25) is 5.82 Å². The zero-order valence-corrected chi connectivity index (χ0v) is 10.9. The first-order valence-electron chi connectivity index (χ1n) is 4.83. The van der Waals surface area contributed by atoms with Gasteiger partial charge in [-0.25, -0.2) is 19.5 Å². The molecule has 0 aliphatic rings. The van der Waals surface area contributed by atoms with Crippen LogP contribution in [0.1, 0.15) is 5.82 Å². The van der Waals surface area contributed by atoms with E-state index in [1.165, 1.54) is 34.9 Å². The summed E-state index contributed by atoms with van der Waals surface area (Å²) in [7, 11) is 1.60. The van der Waals surface area contributed by atoms with Gasteiger partial charge in [-0.05, 0) is 4.92 Å². The molecule has 18 heavy (non-hydrogen) atoms. The molecule has 0 radical (unpaired) electrons. The van der Waals surface area contributed by atoms with Gasteiger partial charge in [0.1, 0.15) is 6.20 Å². The fraction of sp³-hybridized carbons (Fsp3) is 0.222. The zero-order valence-electron chi connectivity index (χ0n) is 9.28. The SMILES string of the molecule is Cn1c([N+](=O)[O-])cnc1CSc1ncc(Cl)cn1. The number of rotatable bonds is 4. The van der Waals surface area contributed by atoms with E-state index in [0.717, 1.165) is 0 Å². The van der Waals surface area contributed by atoms with Crippen molar-refractivity contribution in [2.45, 2.75) is 10.9 Å². The summed E-state index contributed by atoms with van der Waals surface area (Å²) < 4.78 is 1.43. The molecule has 0 bridgehead atoms. The molecule has 9 heteroatoms. The van der Waals surface area contributed by atoms with E-state index >= 15 is 0 Å². The van der Waals surface area contributed by atoms with Crippen LogP contribution in [0.3, 0.4) is 0 Å². The van der Waals surface area contributed by atoms with E-state index in [-0.39, 0.29) is 5.82 Å². The predicted octanol–water partition coefficient (Wildman–Crippen LogP) is 2.06. The average Bonchev–Trinajstić information content (AvgIpc) is 2.70. The van der Waals surface area contributed by atoms with Gasteiger partial charge >= 0.3 is 5.82 Å². The quantitative estimate of drug-likeness (QED) is 0.370. The number of thioether (sulfide) groups is 1. The third-order valence-electron chi connectivity index (χ3n) is 2.17. The molecular formula is C9H8ClN5O2S. The van der Waals surface area contributed by atoms with Crippen LogP contribution in [0, 0.1) is 10.1 Å². The molecule has 0 atom stereocenters. The van der Waals surface area contributed by atoms with Crippen molar-refractivity contribution in [1.29, 1.82) is 0 Å². The van der Waals surface area contributed by atoms with E-state index in [1.807, 2.05) is 0 Å². The molecule has 0 saturated heterocycles. The maximum Gasteiger partial charge on any atom is 0.342 e. The van der Waals surface area contributed by atoms with Crippen LogP contribution in [-0.2, 0) is 12.8 Å². The largest absolute Gasteiger partial charge is 0.358 e. The van der Waals surface area contributed by atoms with E-state index in [0.29, 0.717) is 21.8 Å². The minimum Gasteiger partial charge on any atom is -0.358 e. The highest BCUT2D eigenvalue weighted by Crippen LogP contribution is 2.21. The Balaban J connectivity index is 2.06. The second kappa shape index (κ2) is 5.32. The van der Waals surface area contributed by atoms with Crippen molar-refractivity contribution in [1.82, 2.24) is 19.5 Å². The summed E-state index contributed by atoms with van der Waals surface area (Å²) in [5, 5.41) is 11.7. The zero-order chi connectivity index (χ0) is 13.1.